The summed E-state index contributed by atoms with van der Waals surface area (Å²) in [4.78, 5) is 20.3. The fourth-order valence-electron chi connectivity index (χ4n) is 4.08. The fraction of sp³-hybridized carbons (Fsp3) is 0.789. The third-order valence-corrected chi connectivity index (χ3v) is 5.72. The first-order chi connectivity index (χ1) is 12.0. The van der Waals surface area contributed by atoms with E-state index in [0.717, 1.165) is 62.6 Å². The SMILES string of the molecule is Cc1[nH]nc(C(C)C)c1C(=O)N1CCCCC(N2CCN(C)CC2)C1. The number of rotatable bonds is 3. The minimum Gasteiger partial charge on any atom is -0.337 e. The van der Waals surface area contributed by atoms with Gasteiger partial charge in [0.15, 0.2) is 0 Å². The van der Waals surface area contributed by atoms with E-state index in [1.807, 2.05) is 6.92 Å². The molecule has 2 aliphatic heterocycles. The lowest BCUT2D eigenvalue weighted by molar-refractivity contribution is 0.0629. The second kappa shape index (κ2) is 7.87. The summed E-state index contributed by atoms with van der Waals surface area (Å²) < 4.78 is 0. The van der Waals surface area contributed by atoms with Crippen LogP contribution in [0, 0.1) is 6.92 Å². The Balaban J connectivity index is 1.75. The molecular weight excluding hydrogens is 314 g/mol. The van der Waals surface area contributed by atoms with Gasteiger partial charge in [-0.25, -0.2) is 0 Å². The van der Waals surface area contributed by atoms with E-state index in [9.17, 15) is 4.79 Å². The van der Waals surface area contributed by atoms with Gasteiger partial charge in [0.25, 0.3) is 5.91 Å². The highest BCUT2D eigenvalue weighted by molar-refractivity contribution is 5.96. The van der Waals surface area contributed by atoms with Crippen molar-refractivity contribution in [3.8, 4) is 0 Å². The molecule has 0 saturated carbocycles. The average Bonchev–Trinajstić information content (AvgIpc) is 2.81. The van der Waals surface area contributed by atoms with Crippen LogP contribution in [0.15, 0.2) is 0 Å². The summed E-state index contributed by atoms with van der Waals surface area (Å²) in [7, 11) is 2.19. The van der Waals surface area contributed by atoms with E-state index in [1.165, 1.54) is 12.8 Å². The second-order valence-electron chi connectivity index (χ2n) is 8.00. The highest BCUT2D eigenvalue weighted by Crippen LogP contribution is 2.24. The number of likely N-dealkylation sites (tertiary alicyclic amines) is 1. The predicted molar refractivity (Wildman–Crippen MR) is 100 cm³/mol. The summed E-state index contributed by atoms with van der Waals surface area (Å²) in [6.45, 7) is 12.4. The molecule has 0 bridgehead atoms. The van der Waals surface area contributed by atoms with Crippen LogP contribution in [-0.2, 0) is 0 Å². The Kier molecular flexibility index (Phi) is 5.79. The van der Waals surface area contributed by atoms with E-state index in [0.29, 0.717) is 6.04 Å². The lowest BCUT2D eigenvalue weighted by Crippen LogP contribution is -2.52. The number of nitrogens with zero attached hydrogens (tertiary/aromatic N) is 4. The van der Waals surface area contributed by atoms with Gasteiger partial charge in [0.1, 0.15) is 0 Å². The molecule has 1 N–H and O–H groups in total. The highest BCUT2D eigenvalue weighted by Gasteiger charge is 2.31. The van der Waals surface area contributed by atoms with E-state index < -0.39 is 0 Å². The van der Waals surface area contributed by atoms with Crippen LogP contribution in [0.4, 0.5) is 0 Å². The van der Waals surface area contributed by atoms with Crippen LogP contribution in [0.2, 0.25) is 0 Å². The molecule has 1 unspecified atom stereocenters. The maximum Gasteiger partial charge on any atom is 0.257 e. The Labute approximate surface area is 151 Å². The normalized spacial score (nSPS) is 23.9. The van der Waals surface area contributed by atoms with Crippen LogP contribution >= 0.6 is 0 Å². The zero-order valence-electron chi connectivity index (χ0n) is 16.2. The van der Waals surface area contributed by atoms with E-state index in [-0.39, 0.29) is 11.8 Å². The van der Waals surface area contributed by atoms with Gasteiger partial charge >= 0.3 is 0 Å². The van der Waals surface area contributed by atoms with Gasteiger partial charge in [-0.2, -0.15) is 5.10 Å². The molecule has 0 spiro atoms. The molecule has 0 radical (unpaired) electrons. The number of aromatic amines is 1. The van der Waals surface area contributed by atoms with Crippen molar-refractivity contribution in [3.05, 3.63) is 17.0 Å². The first-order valence-corrected chi connectivity index (χ1v) is 9.74. The molecule has 2 aliphatic rings. The van der Waals surface area contributed by atoms with Crippen LogP contribution in [-0.4, -0.2) is 83.2 Å². The molecule has 0 aliphatic carbocycles. The van der Waals surface area contributed by atoms with Crippen molar-refractivity contribution in [1.82, 2.24) is 24.9 Å². The molecule has 3 heterocycles. The van der Waals surface area contributed by atoms with Crippen LogP contribution in [0.25, 0.3) is 0 Å². The van der Waals surface area contributed by atoms with E-state index in [1.54, 1.807) is 0 Å². The monoisotopic (exact) mass is 347 g/mol. The Morgan fingerprint density at radius 1 is 1.16 bits per heavy atom. The topological polar surface area (TPSA) is 55.5 Å². The molecule has 6 nitrogen and oxygen atoms in total. The summed E-state index contributed by atoms with van der Waals surface area (Å²) in [5.74, 6) is 0.417. The molecular formula is C19H33N5O. The lowest BCUT2D eigenvalue weighted by atomic mass is 10.0. The smallest absolute Gasteiger partial charge is 0.257 e. The number of nitrogens with one attached hydrogen (secondary N) is 1. The van der Waals surface area contributed by atoms with Crippen molar-refractivity contribution < 1.29 is 4.79 Å². The largest absolute Gasteiger partial charge is 0.337 e. The summed E-state index contributed by atoms with van der Waals surface area (Å²) in [6, 6.07) is 0.495. The standard InChI is InChI=1S/C19H33N5O/c1-14(2)18-17(15(3)20-21-18)19(25)24-8-6-5-7-16(13-24)23-11-9-22(4)10-12-23/h14,16H,5-13H2,1-4H3,(H,20,21). The van der Waals surface area contributed by atoms with Gasteiger partial charge in [-0.3, -0.25) is 14.8 Å². The number of likely N-dealkylation sites (N-methyl/N-ethyl adjacent to an activating group) is 1. The van der Waals surface area contributed by atoms with Gasteiger partial charge in [-0.05, 0) is 32.7 Å². The molecule has 3 rings (SSSR count). The molecule has 25 heavy (non-hydrogen) atoms. The number of aromatic nitrogens is 2. The van der Waals surface area contributed by atoms with Crippen LogP contribution in [0.1, 0.15) is 60.8 Å². The molecule has 0 aromatic carbocycles. The molecule has 1 atom stereocenters. The van der Waals surface area contributed by atoms with Crippen molar-refractivity contribution in [2.45, 2.75) is 52.0 Å². The zero-order valence-corrected chi connectivity index (χ0v) is 16.2. The Morgan fingerprint density at radius 2 is 1.88 bits per heavy atom. The number of H-pyrrole nitrogens is 1. The molecule has 2 fully saturated rings. The quantitative estimate of drug-likeness (QED) is 0.910. The lowest BCUT2D eigenvalue weighted by Gasteiger charge is -2.39. The summed E-state index contributed by atoms with van der Waals surface area (Å²) >= 11 is 0. The third kappa shape index (κ3) is 4.06. The Morgan fingerprint density at radius 3 is 2.56 bits per heavy atom. The van der Waals surface area contributed by atoms with E-state index in [2.05, 4.69) is 45.8 Å². The molecule has 1 amide bonds. The number of hydrogen-bond donors (Lipinski definition) is 1. The first-order valence-electron chi connectivity index (χ1n) is 9.74. The summed E-state index contributed by atoms with van der Waals surface area (Å²) in [5, 5.41) is 7.40. The molecule has 2 saturated heterocycles. The van der Waals surface area contributed by atoms with Crippen molar-refractivity contribution in [3.63, 3.8) is 0 Å². The zero-order chi connectivity index (χ0) is 18.0. The Hall–Kier alpha value is -1.40. The minimum absolute atomic E-state index is 0.163. The minimum atomic E-state index is 0.163. The summed E-state index contributed by atoms with van der Waals surface area (Å²) in [6.07, 6.45) is 3.51. The molecule has 1 aromatic heterocycles. The van der Waals surface area contributed by atoms with Crippen molar-refractivity contribution in [2.24, 2.45) is 0 Å². The van der Waals surface area contributed by atoms with Crippen molar-refractivity contribution in [2.75, 3.05) is 46.3 Å². The molecule has 1 aromatic rings. The van der Waals surface area contributed by atoms with Crippen LogP contribution in [0.3, 0.4) is 0 Å². The maximum atomic E-state index is 13.3. The van der Waals surface area contributed by atoms with Crippen molar-refractivity contribution >= 4 is 5.91 Å². The predicted octanol–water partition coefficient (Wildman–Crippen LogP) is 2.08. The molecule has 140 valence electrons. The van der Waals surface area contributed by atoms with Gasteiger partial charge in [-0.15, -0.1) is 0 Å². The fourth-order valence-corrected chi connectivity index (χ4v) is 4.08. The van der Waals surface area contributed by atoms with Crippen molar-refractivity contribution in [1.29, 1.82) is 0 Å². The van der Waals surface area contributed by atoms with Gasteiger partial charge in [-0.1, -0.05) is 20.3 Å². The highest BCUT2D eigenvalue weighted by atomic mass is 16.2. The third-order valence-electron chi connectivity index (χ3n) is 5.72. The maximum absolute atomic E-state index is 13.3. The van der Waals surface area contributed by atoms with Gasteiger partial charge in [0, 0.05) is 51.0 Å². The number of carbonyl (C=O) groups is 1. The van der Waals surface area contributed by atoms with Gasteiger partial charge in [0.2, 0.25) is 0 Å². The number of amides is 1. The molecule has 6 heteroatoms. The average molecular weight is 348 g/mol. The number of hydrogen-bond acceptors (Lipinski definition) is 4. The number of piperazine rings is 1. The van der Waals surface area contributed by atoms with Crippen LogP contribution < -0.4 is 0 Å². The summed E-state index contributed by atoms with van der Waals surface area (Å²) in [5.41, 5.74) is 2.60. The first kappa shape index (κ1) is 18.4. The van der Waals surface area contributed by atoms with E-state index >= 15 is 0 Å². The number of carbonyl (C=O) groups excluding carboxylic acids is 1. The van der Waals surface area contributed by atoms with Crippen LogP contribution in [0.5, 0.6) is 0 Å². The second-order valence-corrected chi connectivity index (χ2v) is 8.00. The number of aryl methyl sites for hydroxylation is 1. The van der Waals surface area contributed by atoms with E-state index in [4.69, 9.17) is 0 Å². The van der Waals surface area contributed by atoms with Gasteiger partial charge < -0.3 is 9.80 Å². The Bertz CT molecular complexity index is 589. The van der Waals surface area contributed by atoms with Gasteiger partial charge in [0.05, 0.1) is 11.3 Å².